The number of ether oxygens (including phenoxy) is 1. The number of thiazole rings is 1. The number of anilines is 1. The molecule has 7 nitrogen and oxygen atoms in total. The van der Waals surface area contributed by atoms with Crippen LogP contribution < -0.4 is 10.6 Å². The highest BCUT2D eigenvalue weighted by atomic mass is 32.1. The van der Waals surface area contributed by atoms with E-state index < -0.39 is 0 Å². The molecule has 8 heteroatoms. The Labute approximate surface area is 173 Å². The average Bonchev–Trinajstić information content (AvgIpc) is 3.31. The summed E-state index contributed by atoms with van der Waals surface area (Å²) in [6.07, 6.45) is 2.28. The smallest absolute Gasteiger partial charge is 0.260 e. The van der Waals surface area contributed by atoms with Gasteiger partial charge in [0.05, 0.1) is 36.6 Å². The molecule has 1 atom stereocenters. The van der Waals surface area contributed by atoms with Crippen LogP contribution in [0.15, 0.2) is 52.5 Å². The van der Waals surface area contributed by atoms with Gasteiger partial charge in [0, 0.05) is 12.5 Å². The molecule has 2 N–H and O–H groups in total. The molecular formula is C21H23N3O4S. The van der Waals surface area contributed by atoms with Crippen LogP contribution in [0.3, 0.4) is 0 Å². The van der Waals surface area contributed by atoms with E-state index in [1.165, 1.54) is 17.6 Å². The van der Waals surface area contributed by atoms with Crippen molar-refractivity contribution in [3.05, 3.63) is 70.6 Å². The monoisotopic (exact) mass is 413 g/mol. The predicted molar refractivity (Wildman–Crippen MR) is 111 cm³/mol. The van der Waals surface area contributed by atoms with E-state index in [0.29, 0.717) is 35.2 Å². The van der Waals surface area contributed by atoms with Crippen LogP contribution in [0.1, 0.15) is 27.4 Å². The molecule has 0 saturated carbocycles. The minimum atomic E-state index is -0.287. The van der Waals surface area contributed by atoms with Crippen molar-refractivity contribution in [2.75, 3.05) is 19.0 Å². The lowest BCUT2D eigenvalue weighted by Gasteiger charge is -2.18. The van der Waals surface area contributed by atoms with Crippen molar-refractivity contribution >= 4 is 28.3 Å². The van der Waals surface area contributed by atoms with E-state index in [1.807, 2.05) is 30.3 Å². The van der Waals surface area contributed by atoms with Crippen LogP contribution in [0.25, 0.3) is 0 Å². The number of carbonyl (C=O) groups excluding carboxylic acids is 2. The van der Waals surface area contributed by atoms with Crippen LogP contribution >= 0.6 is 11.3 Å². The molecule has 2 aromatic heterocycles. The molecule has 0 unspecified atom stereocenters. The van der Waals surface area contributed by atoms with Gasteiger partial charge >= 0.3 is 0 Å². The second-order valence-electron chi connectivity index (χ2n) is 6.57. The molecule has 0 saturated heterocycles. The molecule has 2 heterocycles. The number of nitrogens with zero attached hydrogens (tertiary/aromatic N) is 1. The number of nitrogens with one attached hydrogen (secondary N) is 2. The van der Waals surface area contributed by atoms with Gasteiger partial charge in [-0.3, -0.25) is 14.9 Å². The van der Waals surface area contributed by atoms with Gasteiger partial charge in [-0.1, -0.05) is 30.3 Å². The normalized spacial score (nSPS) is 11.8. The second kappa shape index (κ2) is 9.99. The summed E-state index contributed by atoms with van der Waals surface area (Å²) in [6.45, 7) is 2.14. The Hall–Kier alpha value is -2.97. The van der Waals surface area contributed by atoms with Gasteiger partial charge < -0.3 is 14.5 Å². The van der Waals surface area contributed by atoms with E-state index in [9.17, 15) is 9.59 Å². The van der Waals surface area contributed by atoms with Crippen molar-refractivity contribution in [1.29, 1.82) is 0 Å². The zero-order valence-corrected chi connectivity index (χ0v) is 17.1. The van der Waals surface area contributed by atoms with Crippen LogP contribution in [0.5, 0.6) is 0 Å². The highest BCUT2D eigenvalue weighted by Gasteiger charge is 2.16. The van der Waals surface area contributed by atoms with Crippen molar-refractivity contribution in [2.24, 2.45) is 0 Å². The maximum Gasteiger partial charge on any atom is 0.260 e. The molecule has 2 amide bonds. The molecule has 0 bridgehead atoms. The third-order valence-electron chi connectivity index (χ3n) is 4.28. The number of hydrogen-bond acceptors (Lipinski definition) is 6. The zero-order chi connectivity index (χ0) is 20.6. The predicted octanol–water partition coefficient (Wildman–Crippen LogP) is 3.21. The molecular weight excluding hydrogens is 390 g/mol. The van der Waals surface area contributed by atoms with E-state index in [0.717, 1.165) is 5.56 Å². The first-order chi connectivity index (χ1) is 14.0. The van der Waals surface area contributed by atoms with Crippen LogP contribution in [0.2, 0.25) is 0 Å². The Morgan fingerprint density at radius 3 is 2.72 bits per heavy atom. The number of furan rings is 1. The topological polar surface area (TPSA) is 93.5 Å². The molecule has 0 radical (unpaired) electrons. The maximum absolute atomic E-state index is 12.4. The number of amides is 2. The Kier molecular flexibility index (Phi) is 7.15. The highest BCUT2D eigenvalue weighted by Crippen LogP contribution is 2.18. The number of rotatable bonds is 9. The SMILES string of the molecule is COC[C@H](Cc1ccccc1)NC(=O)Cc1csc(NC(=O)c2ccoc2C)n1. The molecule has 0 aliphatic heterocycles. The quantitative estimate of drug-likeness (QED) is 0.562. The lowest BCUT2D eigenvalue weighted by Crippen LogP contribution is -2.40. The Morgan fingerprint density at radius 1 is 1.24 bits per heavy atom. The van der Waals surface area contributed by atoms with Crippen LogP contribution in [0, 0.1) is 6.92 Å². The van der Waals surface area contributed by atoms with E-state index in [1.54, 1.807) is 25.5 Å². The molecule has 29 heavy (non-hydrogen) atoms. The van der Waals surface area contributed by atoms with Gasteiger partial charge in [-0.05, 0) is 25.0 Å². The van der Waals surface area contributed by atoms with Gasteiger partial charge in [0.25, 0.3) is 5.91 Å². The van der Waals surface area contributed by atoms with Gasteiger partial charge in [-0.15, -0.1) is 11.3 Å². The minimum Gasteiger partial charge on any atom is -0.469 e. The third-order valence-corrected chi connectivity index (χ3v) is 5.08. The van der Waals surface area contributed by atoms with Crippen molar-refractivity contribution in [3.63, 3.8) is 0 Å². The molecule has 3 aromatic rings. The Balaban J connectivity index is 1.54. The zero-order valence-electron chi connectivity index (χ0n) is 16.3. The van der Waals surface area contributed by atoms with Gasteiger partial charge in [0.2, 0.25) is 5.91 Å². The summed E-state index contributed by atoms with van der Waals surface area (Å²) in [5, 5.41) is 7.93. The van der Waals surface area contributed by atoms with E-state index >= 15 is 0 Å². The summed E-state index contributed by atoms with van der Waals surface area (Å²) >= 11 is 1.28. The highest BCUT2D eigenvalue weighted by molar-refractivity contribution is 7.14. The summed E-state index contributed by atoms with van der Waals surface area (Å²) in [5.41, 5.74) is 2.19. The summed E-state index contributed by atoms with van der Waals surface area (Å²) < 4.78 is 10.4. The van der Waals surface area contributed by atoms with Crippen molar-refractivity contribution in [3.8, 4) is 0 Å². The van der Waals surface area contributed by atoms with Crippen LogP contribution in [-0.4, -0.2) is 36.6 Å². The number of aryl methyl sites for hydroxylation is 1. The van der Waals surface area contributed by atoms with Crippen LogP contribution in [-0.2, 0) is 22.4 Å². The molecule has 0 aliphatic carbocycles. The number of aromatic nitrogens is 1. The first-order valence-electron chi connectivity index (χ1n) is 9.17. The molecule has 3 rings (SSSR count). The fourth-order valence-electron chi connectivity index (χ4n) is 2.93. The van der Waals surface area contributed by atoms with E-state index in [-0.39, 0.29) is 24.3 Å². The lowest BCUT2D eigenvalue weighted by molar-refractivity contribution is -0.121. The van der Waals surface area contributed by atoms with Gasteiger partial charge in [0.1, 0.15) is 5.76 Å². The summed E-state index contributed by atoms with van der Waals surface area (Å²) in [5.74, 6) is 0.114. The molecule has 152 valence electrons. The molecule has 1 aromatic carbocycles. The number of carbonyl (C=O) groups is 2. The first kappa shape index (κ1) is 20.8. The summed E-state index contributed by atoms with van der Waals surface area (Å²) in [4.78, 5) is 29.0. The van der Waals surface area contributed by atoms with Crippen LogP contribution in [0.4, 0.5) is 5.13 Å². The number of benzene rings is 1. The molecule has 0 aliphatic rings. The average molecular weight is 413 g/mol. The van der Waals surface area contributed by atoms with Crippen molar-refractivity contribution in [2.45, 2.75) is 25.8 Å². The van der Waals surface area contributed by atoms with E-state index in [2.05, 4.69) is 15.6 Å². The molecule has 0 spiro atoms. The second-order valence-corrected chi connectivity index (χ2v) is 7.43. The van der Waals surface area contributed by atoms with Crippen molar-refractivity contribution in [1.82, 2.24) is 10.3 Å². The van der Waals surface area contributed by atoms with Gasteiger partial charge in [-0.2, -0.15) is 0 Å². The molecule has 0 fully saturated rings. The third kappa shape index (κ3) is 6.00. The fourth-order valence-corrected chi connectivity index (χ4v) is 3.63. The number of hydrogen-bond donors (Lipinski definition) is 2. The largest absolute Gasteiger partial charge is 0.469 e. The summed E-state index contributed by atoms with van der Waals surface area (Å²) in [6, 6.07) is 11.4. The summed E-state index contributed by atoms with van der Waals surface area (Å²) in [7, 11) is 1.61. The Bertz CT molecular complexity index is 952. The first-order valence-corrected chi connectivity index (χ1v) is 10.0. The van der Waals surface area contributed by atoms with Gasteiger partial charge in [0.15, 0.2) is 5.13 Å². The van der Waals surface area contributed by atoms with E-state index in [4.69, 9.17) is 9.15 Å². The lowest BCUT2D eigenvalue weighted by atomic mass is 10.1. The maximum atomic E-state index is 12.4. The fraction of sp³-hybridized carbons (Fsp3) is 0.286. The Morgan fingerprint density at radius 2 is 2.03 bits per heavy atom. The van der Waals surface area contributed by atoms with Gasteiger partial charge in [-0.25, -0.2) is 4.98 Å². The minimum absolute atomic E-state index is 0.128. The number of methoxy groups -OCH3 is 1. The van der Waals surface area contributed by atoms with Crippen molar-refractivity contribution < 1.29 is 18.7 Å². The standard InChI is InChI=1S/C21H23N3O4S/c1-14-18(8-9-28-14)20(26)24-21-23-17(13-29-21)11-19(25)22-16(12-27-2)10-15-6-4-3-5-7-15/h3-9,13,16H,10-12H2,1-2H3,(H,22,25)(H,23,24,26)/t16-/m0/s1.